The Morgan fingerprint density at radius 3 is 2.94 bits per heavy atom. The van der Waals surface area contributed by atoms with E-state index in [-0.39, 0.29) is 17.3 Å². The molecule has 1 aliphatic rings. The molecule has 0 aromatic carbocycles. The van der Waals surface area contributed by atoms with Crippen molar-refractivity contribution in [3.05, 3.63) is 22.3 Å². The van der Waals surface area contributed by atoms with Crippen LogP contribution in [0.5, 0.6) is 0 Å². The van der Waals surface area contributed by atoms with Crippen molar-refractivity contribution < 1.29 is 14.7 Å². The molecule has 0 bridgehead atoms. The highest BCUT2D eigenvalue weighted by Crippen LogP contribution is 2.21. The molecule has 96 valence electrons. The molecular weight excluding hydrogens is 302 g/mol. The Bertz CT molecular complexity index is 506. The lowest BCUT2D eigenvalue weighted by atomic mass is 10.2. The number of carbonyl (C=O) groups is 2. The van der Waals surface area contributed by atoms with Crippen molar-refractivity contribution in [3.8, 4) is 0 Å². The zero-order chi connectivity index (χ0) is 13.3. The van der Waals surface area contributed by atoms with E-state index in [9.17, 15) is 9.59 Å². The lowest BCUT2D eigenvalue weighted by Crippen LogP contribution is -2.31. The summed E-state index contributed by atoms with van der Waals surface area (Å²) in [6.07, 6.45) is 2.14. The molecule has 2 rings (SSSR count). The largest absolute Gasteiger partial charge is 0.478 e. The van der Waals surface area contributed by atoms with Crippen molar-refractivity contribution in [1.29, 1.82) is 0 Å². The van der Waals surface area contributed by atoms with Crippen LogP contribution in [0.2, 0.25) is 0 Å². The normalized spacial score (nSPS) is 19.1. The Hall–Kier alpha value is -1.63. The van der Waals surface area contributed by atoms with E-state index in [0.717, 1.165) is 0 Å². The molecule has 1 saturated heterocycles. The summed E-state index contributed by atoms with van der Waals surface area (Å²) in [5.41, 5.74) is 0.0479. The molecule has 2 heterocycles. The molecule has 1 aromatic heterocycles. The molecular formula is C11H12BrN3O3. The Labute approximate surface area is 112 Å². The Kier molecular flexibility index (Phi) is 3.51. The first-order chi connectivity index (χ1) is 8.49. The summed E-state index contributed by atoms with van der Waals surface area (Å²) in [7, 11) is 1.72. The fourth-order valence-corrected chi connectivity index (χ4v) is 2.17. The van der Waals surface area contributed by atoms with E-state index in [1.807, 2.05) is 0 Å². The molecule has 1 amide bonds. The topological polar surface area (TPSA) is 82.5 Å². The fraction of sp³-hybridized carbons (Fsp3) is 0.364. The quantitative estimate of drug-likeness (QED) is 0.875. The van der Waals surface area contributed by atoms with Crippen LogP contribution >= 0.6 is 15.9 Å². The first-order valence-corrected chi connectivity index (χ1v) is 6.18. The molecule has 1 fully saturated rings. The van der Waals surface area contributed by atoms with Gasteiger partial charge in [0.25, 0.3) is 0 Å². The van der Waals surface area contributed by atoms with E-state index in [2.05, 4.69) is 26.2 Å². The summed E-state index contributed by atoms with van der Waals surface area (Å²) in [6.45, 7) is 0.662. The smallest absolute Gasteiger partial charge is 0.339 e. The number of likely N-dealkylation sites (N-methyl/N-ethyl adjacent to an activating group) is 1. The number of anilines is 1. The van der Waals surface area contributed by atoms with Gasteiger partial charge in [-0.25, -0.2) is 9.78 Å². The van der Waals surface area contributed by atoms with Crippen molar-refractivity contribution in [2.45, 2.75) is 12.5 Å². The summed E-state index contributed by atoms with van der Waals surface area (Å²) in [6, 6.07) is 1.06. The molecule has 1 aromatic rings. The third-order valence-corrected chi connectivity index (χ3v) is 3.26. The Morgan fingerprint density at radius 2 is 2.39 bits per heavy atom. The van der Waals surface area contributed by atoms with Gasteiger partial charge >= 0.3 is 5.97 Å². The third-order valence-electron chi connectivity index (χ3n) is 2.82. The second-order valence-corrected chi connectivity index (χ2v) is 5.02. The molecule has 0 saturated carbocycles. The molecule has 0 spiro atoms. The van der Waals surface area contributed by atoms with Crippen molar-refractivity contribution in [1.82, 2.24) is 9.88 Å². The molecule has 1 unspecified atom stereocenters. The number of aromatic nitrogens is 1. The van der Waals surface area contributed by atoms with Gasteiger partial charge in [0.05, 0.1) is 0 Å². The van der Waals surface area contributed by atoms with Crippen LogP contribution in [0.1, 0.15) is 16.8 Å². The number of amides is 1. The van der Waals surface area contributed by atoms with Gasteiger partial charge in [-0.1, -0.05) is 0 Å². The number of hydrogen-bond acceptors (Lipinski definition) is 4. The lowest BCUT2D eigenvalue weighted by molar-refractivity contribution is -0.127. The average molecular weight is 314 g/mol. The number of carboxylic acids is 1. The van der Waals surface area contributed by atoms with Gasteiger partial charge in [0.2, 0.25) is 5.91 Å². The van der Waals surface area contributed by atoms with Crippen molar-refractivity contribution in [2.75, 3.05) is 18.9 Å². The molecule has 1 aliphatic heterocycles. The number of rotatable bonds is 3. The lowest BCUT2D eigenvalue weighted by Gasteiger charge is -2.14. The fourth-order valence-electron chi connectivity index (χ4n) is 1.84. The van der Waals surface area contributed by atoms with Crippen LogP contribution in [0.15, 0.2) is 16.7 Å². The minimum absolute atomic E-state index is 0.0453. The van der Waals surface area contributed by atoms with E-state index in [4.69, 9.17) is 5.11 Å². The van der Waals surface area contributed by atoms with Gasteiger partial charge in [-0.15, -0.1) is 0 Å². The van der Waals surface area contributed by atoms with E-state index < -0.39 is 12.0 Å². The second kappa shape index (κ2) is 4.93. The molecule has 1 atom stereocenters. The zero-order valence-electron chi connectivity index (χ0n) is 9.68. The van der Waals surface area contributed by atoms with Gasteiger partial charge in [-0.05, 0) is 28.4 Å². The number of carboxylic acid groups (broad SMARTS) is 1. The number of nitrogens with one attached hydrogen (secondary N) is 1. The Balaban J connectivity index is 2.24. The minimum atomic E-state index is -1.08. The molecule has 6 nitrogen and oxygen atoms in total. The van der Waals surface area contributed by atoms with E-state index >= 15 is 0 Å². The molecule has 18 heavy (non-hydrogen) atoms. The zero-order valence-corrected chi connectivity index (χ0v) is 11.3. The van der Waals surface area contributed by atoms with Crippen molar-refractivity contribution in [2.24, 2.45) is 0 Å². The van der Waals surface area contributed by atoms with Crippen LogP contribution in [0.25, 0.3) is 0 Å². The SMILES string of the molecule is CN1CCC(Nc2ncc(Br)cc2C(=O)O)C1=O. The predicted octanol–water partition coefficient (Wildman–Crippen LogP) is 1.18. The monoisotopic (exact) mass is 313 g/mol. The van der Waals surface area contributed by atoms with E-state index in [1.165, 1.54) is 12.3 Å². The van der Waals surface area contributed by atoms with E-state index in [0.29, 0.717) is 17.4 Å². The highest BCUT2D eigenvalue weighted by molar-refractivity contribution is 9.10. The number of nitrogens with zero attached hydrogens (tertiary/aromatic N) is 2. The van der Waals surface area contributed by atoms with Gasteiger partial charge < -0.3 is 15.3 Å². The summed E-state index contributed by atoms with van der Waals surface area (Å²) < 4.78 is 0.584. The number of likely N-dealkylation sites (tertiary alicyclic amines) is 1. The van der Waals surface area contributed by atoms with Gasteiger partial charge in [0, 0.05) is 24.3 Å². The van der Waals surface area contributed by atoms with Gasteiger partial charge in [0.15, 0.2) is 0 Å². The van der Waals surface area contributed by atoms with Crippen molar-refractivity contribution >= 4 is 33.6 Å². The standard InChI is InChI=1S/C11H12BrN3O3/c1-15-3-2-8(10(15)16)14-9-7(11(17)18)4-6(12)5-13-9/h4-5,8H,2-3H2,1H3,(H,13,14)(H,17,18). The number of pyridine rings is 1. The van der Waals surface area contributed by atoms with Crippen LogP contribution in [-0.4, -0.2) is 46.5 Å². The highest BCUT2D eigenvalue weighted by atomic mass is 79.9. The molecule has 0 radical (unpaired) electrons. The van der Waals surface area contributed by atoms with E-state index in [1.54, 1.807) is 11.9 Å². The molecule has 7 heteroatoms. The maximum Gasteiger partial charge on any atom is 0.339 e. The summed E-state index contributed by atoms with van der Waals surface area (Å²) in [5.74, 6) is -0.902. The minimum Gasteiger partial charge on any atom is -0.478 e. The van der Waals surface area contributed by atoms with Gasteiger partial charge in [-0.3, -0.25) is 4.79 Å². The molecule has 0 aliphatic carbocycles. The Morgan fingerprint density at radius 1 is 1.67 bits per heavy atom. The average Bonchev–Trinajstić information content (AvgIpc) is 2.63. The molecule has 2 N–H and O–H groups in total. The van der Waals surface area contributed by atoms with Gasteiger partial charge in [-0.2, -0.15) is 0 Å². The summed E-state index contributed by atoms with van der Waals surface area (Å²) >= 11 is 3.17. The number of aromatic carboxylic acids is 1. The third kappa shape index (κ3) is 2.45. The predicted molar refractivity (Wildman–Crippen MR) is 68.6 cm³/mol. The summed E-state index contributed by atoms with van der Waals surface area (Å²) in [5, 5.41) is 12.0. The van der Waals surface area contributed by atoms with Crippen LogP contribution in [0.4, 0.5) is 5.82 Å². The first kappa shape index (κ1) is 12.8. The maximum absolute atomic E-state index is 11.7. The maximum atomic E-state index is 11.7. The van der Waals surface area contributed by atoms with Crippen molar-refractivity contribution in [3.63, 3.8) is 0 Å². The van der Waals surface area contributed by atoms with Crippen LogP contribution < -0.4 is 5.32 Å². The van der Waals surface area contributed by atoms with Crippen LogP contribution in [-0.2, 0) is 4.79 Å². The highest BCUT2D eigenvalue weighted by Gasteiger charge is 2.30. The first-order valence-electron chi connectivity index (χ1n) is 5.39. The van der Waals surface area contributed by atoms with Gasteiger partial charge in [0.1, 0.15) is 17.4 Å². The number of carbonyl (C=O) groups excluding carboxylic acids is 1. The summed E-state index contributed by atoms with van der Waals surface area (Å²) in [4.78, 5) is 28.5. The number of halogens is 1. The number of hydrogen-bond donors (Lipinski definition) is 2. The van der Waals surface area contributed by atoms with Crippen LogP contribution in [0, 0.1) is 0 Å². The van der Waals surface area contributed by atoms with Crippen LogP contribution in [0.3, 0.4) is 0 Å². The second-order valence-electron chi connectivity index (χ2n) is 4.10.